The molecular formula is C18H32O2. The molecule has 0 saturated carbocycles. The highest BCUT2D eigenvalue weighted by Gasteiger charge is 2.02. The Hall–Kier alpha value is -1.05. The van der Waals surface area contributed by atoms with Gasteiger partial charge in [-0.2, -0.15) is 0 Å². The predicted molar refractivity (Wildman–Crippen MR) is 86.8 cm³/mol. The Morgan fingerprint density at radius 2 is 1.60 bits per heavy atom. The molecule has 2 heteroatoms. The monoisotopic (exact) mass is 280 g/mol. The first-order valence-electron chi connectivity index (χ1n) is 8.19. The van der Waals surface area contributed by atoms with Crippen molar-refractivity contribution in [1.82, 2.24) is 0 Å². The third-order valence-electron chi connectivity index (χ3n) is 3.30. The molecule has 0 aliphatic heterocycles. The molecule has 0 heterocycles. The highest BCUT2D eigenvalue weighted by molar-refractivity contribution is 5.69. The number of esters is 1. The molecule has 0 aliphatic rings. The molecule has 0 bridgehead atoms. The lowest BCUT2D eigenvalue weighted by Crippen LogP contribution is -2.05. The van der Waals surface area contributed by atoms with Crippen LogP contribution in [0.25, 0.3) is 0 Å². The third kappa shape index (κ3) is 15.0. The number of carbonyl (C=O) groups is 1. The molecule has 116 valence electrons. The average Bonchev–Trinajstić information content (AvgIpc) is 2.45. The summed E-state index contributed by atoms with van der Waals surface area (Å²) in [6, 6.07) is 0. The van der Waals surface area contributed by atoms with Crippen LogP contribution in [-0.2, 0) is 9.53 Å². The van der Waals surface area contributed by atoms with E-state index in [1.807, 2.05) is 6.08 Å². The van der Waals surface area contributed by atoms with Gasteiger partial charge in [0.05, 0.1) is 6.61 Å². The van der Waals surface area contributed by atoms with E-state index < -0.39 is 0 Å². The number of rotatable bonds is 14. The Labute approximate surface area is 125 Å². The van der Waals surface area contributed by atoms with Crippen molar-refractivity contribution >= 4 is 5.97 Å². The molecule has 0 aromatic heterocycles. The summed E-state index contributed by atoms with van der Waals surface area (Å²) in [6.07, 6.45) is 18.2. The van der Waals surface area contributed by atoms with E-state index in [2.05, 4.69) is 25.7 Å². The zero-order valence-corrected chi connectivity index (χ0v) is 13.2. The van der Waals surface area contributed by atoms with E-state index in [-0.39, 0.29) is 5.97 Å². The molecular weight excluding hydrogens is 248 g/mol. The number of hydrogen-bond acceptors (Lipinski definition) is 2. The fourth-order valence-corrected chi connectivity index (χ4v) is 2.05. The highest BCUT2D eigenvalue weighted by Crippen LogP contribution is 2.07. The van der Waals surface area contributed by atoms with Gasteiger partial charge in [0.15, 0.2) is 0 Å². The van der Waals surface area contributed by atoms with E-state index in [4.69, 9.17) is 4.74 Å². The van der Waals surface area contributed by atoms with Gasteiger partial charge in [-0.15, -0.1) is 6.58 Å². The first-order valence-corrected chi connectivity index (χ1v) is 8.19. The normalized spacial score (nSPS) is 10.8. The van der Waals surface area contributed by atoms with Crippen LogP contribution in [0.4, 0.5) is 0 Å². The van der Waals surface area contributed by atoms with Crippen molar-refractivity contribution in [3.63, 3.8) is 0 Å². The second kappa shape index (κ2) is 16.0. The zero-order valence-electron chi connectivity index (χ0n) is 13.2. The van der Waals surface area contributed by atoms with Gasteiger partial charge in [-0.25, -0.2) is 0 Å². The molecule has 0 unspecified atom stereocenters. The maximum Gasteiger partial charge on any atom is 0.305 e. The van der Waals surface area contributed by atoms with E-state index in [1.54, 1.807) is 0 Å². The summed E-state index contributed by atoms with van der Waals surface area (Å²) in [5.41, 5.74) is 0. The van der Waals surface area contributed by atoms with E-state index >= 15 is 0 Å². The van der Waals surface area contributed by atoms with Crippen LogP contribution in [0.3, 0.4) is 0 Å². The largest absolute Gasteiger partial charge is 0.466 e. The van der Waals surface area contributed by atoms with Crippen molar-refractivity contribution in [3.8, 4) is 0 Å². The summed E-state index contributed by atoms with van der Waals surface area (Å²) < 4.78 is 5.22. The maximum absolute atomic E-state index is 11.5. The van der Waals surface area contributed by atoms with Crippen LogP contribution in [-0.4, -0.2) is 12.6 Å². The molecule has 0 spiro atoms. The molecule has 2 nitrogen and oxygen atoms in total. The smallest absolute Gasteiger partial charge is 0.305 e. The molecule has 0 aliphatic carbocycles. The van der Waals surface area contributed by atoms with E-state index in [0.717, 1.165) is 38.5 Å². The number of allylic oxidation sites excluding steroid dienone is 3. The molecule has 0 fully saturated rings. The zero-order chi connectivity index (χ0) is 14.9. The number of unbranched alkanes of at least 4 members (excludes halogenated alkanes) is 8. The van der Waals surface area contributed by atoms with Gasteiger partial charge in [0, 0.05) is 6.42 Å². The van der Waals surface area contributed by atoms with Crippen molar-refractivity contribution in [2.24, 2.45) is 0 Å². The Kier molecular flexibility index (Phi) is 15.2. The van der Waals surface area contributed by atoms with Crippen LogP contribution >= 0.6 is 0 Å². The molecule has 0 amide bonds. The Balaban J connectivity index is 3.18. The van der Waals surface area contributed by atoms with Gasteiger partial charge in [-0.1, -0.05) is 43.9 Å². The summed E-state index contributed by atoms with van der Waals surface area (Å²) in [7, 11) is 0. The average molecular weight is 280 g/mol. The SMILES string of the molecule is C=CCCCCCCOC(=O)CCCCCC/C=C/C. The molecule has 0 aromatic rings. The van der Waals surface area contributed by atoms with Crippen molar-refractivity contribution in [1.29, 1.82) is 0 Å². The van der Waals surface area contributed by atoms with Gasteiger partial charge in [-0.3, -0.25) is 4.79 Å². The predicted octanol–water partition coefficient (Wildman–Crippen LogP) is 5.58. The van der Waals surface area contributed by atoms with E-state index in [1.165, 1.54) is 25.7 Å². The first-order chi connectivity index (χ1) is 9.81. The van der Waals surface area contributed by atoms with Crippen LogP contribution in [0, 0.1) is 0 Å². The molecule has 0 saturated heterocycles. The second-order valence-corrected chi connectivity index (χ2v) is 5.23. The third-order valence-corrected chi connectivity index (χ3v) is 3.30. The van der Waals surface area contributed by atoms with Crippen LogP contribution in [0.15, 0.2) is 24.8 Å². The lowest BCUT2D eigenvalue weighted by atomic mass is 10.1. The first kappa shape index (κ1) is 18.9. The fraction of sp³-hybridized carbons (Fsp3) is 0.722. The molecule has 0 radical (unpaired) electrons. The van der Waals surface area contributed by atoms with E-state index in [9.17, 15) is 4.79 Å². The summed E-state index contributed by atoms with van der Waals surface area (Å²) in [6.45, 7) is 6.34. The Bertz CT molecular complexity index is 256. The second-order valence-electron chi connectivity index (χ2n) is 5.23. The van der Waals surface area contributed by atoms with Crippen LogP contribution in [0.2, 0.25) is 0 Å². The standard InChI is InChI=1S/C18H32O2/c1-3-5-7-9-11-12-14-16-18(19)20-17-15-13-10-8-6-4-2/h3-5H,2,6-17H2,1H3/b5-3+. The Morgan fingerprint density at radius 3 is 2.30 bits per heavy atom. The molecule has 20 heavy (non-hydrogen) atoms. The van der Waals surface area contributed by atoms with Crippen molar-refractivity contribution in [2.45, 2.75) is 77.6 Å². The van der Waals surface area contributed by atoms with Gasteiger partial charge in [0.1, 0.15) is 0 Å². The van der Waals surface area contributed by atoms with E-state index in [0.29, 0.717) is 13.0 Å². The summed E-state index contributed by atoms with van der Waals surface area (Å²) in [5, 5.41) is 0. The molecule has 0 rings (SSSR count). The van der Waals surface area contributed by atoms with Gasteiger partial charge in [0.2, 0.25) is 0 Å². The lowest BCUT2D eigenvalue weighted by molar-refractivity contribution is -0.143. The van der Waals surface area contributed by atoms with Crippen molar-refractivity contribution in [2.75, 3.05) is 6.61 Å². The molecule has 0 N–H and O–H groups in total. The quantitative estimate of drug-likeness (QED) is 0.236. The van der Waals surface area contributed by atoms with Gasteiger partial charge in [-0.05, 0) is 45.4 Å². The van der Waals surface area contributed by atoms with Crippen LogP contribution in [0.1, 0.15) is 77.6 Å². The minimum Gasteiger partial charge on any atom is -0.466 e. The van der Waals surface area contributed by atoms with Gasteiger partial charge in [0.25, 0.3) is 0 Å². The van der Waals surface area contributed by atoms with Crippen molar-refractivity contribution in [3.05, 3.63) is 24.8 Å². The number of ether oxygens (including phenoxy) is 1. The lowest BCUT2D eigenvalue weighted by Gasteiger charge is -2.04. The minimum atomic E-state index is -0.0236. The maximum atomic E-state index is 11.5. The molecule has 0 atom stereocenters. The van der Waals surface area contributed by atoms with Gasteiger partial charge >= 0.3 is 5.97 Å². The topological polar surface area (TPSA) is 26.3 Å². The van der Waals surface area contributed by atoms with Crippen LogP contribution in [0.5, 0.6) is 0 Å². The Morgan fingerprint density at radius 1 is 0.950 bits per heavy atom. The fourth-order valence-electron chi connectivity index (χ4n) is 2.05. The summed E-state index contributed by atoms with van der Waals surface area (Å²) >= 11 is 0. The van der Waals surface area contributed by atoms with Crippen molar-refractivity contribution < 1.29 is 9.53 Å². The van der Waals surface area contributed by atoms with Crippen LogP contribution < -0.4 is 0 Å². The van der Waals surface area contributed by atoms with Gasteiger partial charge < -0.3 is 4.74 Å². The summed E-state index contributed by atoms with van der Waals surface area (Å²) in [4.78, 5) is 11.5. The number of hydrogen-bond donors (Lipinski definition) is 0. The number of carbonyl (C=O) groups excluding carboxylic acids is 1. The molecule has 0 aromatic carbocycles. The minimum absolute atomic E-state index is 0.0236. The highest BCUT2D eigenvalue weighted by atomic mass is 16.5. The summed E-state index contributed by atoms with van der Waals surface area (Å²) in [5.74, 6) is -0.0236.